The first-order chi connectivity index (χ1) is 11.1. The van der Waals surface area contributed by atoms with Crippen molar-refractivity contribution >= 4 is 22.2 Å². The molecule has 0 spiro atoms. The summed E-state index contributed by atoms with van der Waals surface area (Å²) in [7, 11) is 0. The van der Waals surface area contributed by atoms with Gasteiger partial charge in [0.15, 0.2) is 0 Å². The molecule has 0 saturated carbocycles. The fraction of sp³-hybridized carbons (Fsp3) is 0.312. The number of nitrogens with zero attached hydrogens (tertiary/aromatic N) is 2. The second-order valence-electron chi connectivity index (χ2n) is 5.42. The van der Waals surface area contributed by atoms with Crippen LogP contribution in [-0.4, -0.2) is 35.0 Å². The molecule has 2 heterocycles. The van der Waals surface area contributed by atoms with Gasteiger partial charge in [0, 0.05) is 12.6 Å². The fourth-order valence-corrected chi connectivity index (χ4v) is 3.44. The van der Waals surface area contributed by atoms with E-state index >= 15 is 0 Å². The number of hydrogen-bond acceptors (Lipinski definition) is 5. The monoisotopic (exact) mass is 332 g/mol. The summed E-state index contributed by atoms with van der Waals surface area (Å²) in [4.78, 5) is 25.3. The Morgan fingerprint density at radius 2 is 2.04 bits per heavy atom. The van der Waals surface area contributed by atoms with Crippen LogP contribution in [0.25, 0.3) is 0 Å². The number of hydrogen-bond donors (Lipinski definition) is 0. The number of carbonyl (C=O) groups excluding carboxylic acids is 1. The Hall–Kier alpha value is -2.25. The Labute approximate surface area is 137 Å². The van der Waals surface area contributed by atoms with E-state index in [4.69, 9.17) is 4.74 Å². The lowest BCUT2D eigenvalue weighted by atomic mass is 10.0. The molecule has 3 rings (SSSR count). The zero-order valence-electron chi connectivity index (χ0n) is 12.5. The highest BCUT2D eigenvalue weighted by atomic mass is 32.1. The van der Waals surface area contributed by atoms with E-state index in [1.165, 1.54) is 12.1 Å². The van der Waals surface area contributed by atoms with Gasteiger partial charge in [-0.1, -0.05) is 41.7 Å². The second kappa shape index (κ2) is 6.47. The van der Waals surface area contributed by atoms with Gasteiger partial charge in [-0.15, -0.1) is 0 Å². The van der Waals surface area contributed by atoms with E-state index in [1.807, 2.05) is 37.3 Å². The molecule has 1 aromatic carbocycles. The van der Waals surface area contributed by atoms with Crippen LogP contribution in [0.4, 0.5) is 5.00 Å². The van der Waals surface area contributed by atoms with Crippen LogP contribution in [0, 0.1) is 10.1 Å². The molecule has 1 aliphatic heterocycles. The standard InChI is InChI=1S/C16H16N2O4S/c1-11-9-17(13(10-22-11)12-5-3-2-4-6-12)16(19)14-7-8-15(23-14)18(20)21/h2-8,11,13H,9-10H2,1H3/t11-,13-/m0/s1. The molecule has 2 atom stereocenters. The average Bonchev–Trinajstić information content (AvgIpc) is 3.05. The van der Waals surface area contributed by atoms with Gasteiger partial charge < -0.3 is 9.64 Å². The third-order valence-corrected chi connectivity index (χ3v) is 4.82. The van der Waals surface area contributed by atoms with E-state index < -0.39 is 4.92 Å². The number of carbonyl (C=O) groups is 1. The topological polar surface area (TPSA) is 72.7 Å². The number of ether oxygens (including phenoxy) is 1. The number of morpholine rings is 1. The van der Waals surface area contributed by atoms with Gasteiger partial charge in [0.05, 0.1) is 28.6 Å². The van der Waals surface area contributed by atoms with E-state index in [-0.39, 0.29) is 23.1 Å². The van der Waals surface area contributed by atoms with Crippen molar-refractivity contribution < 1.29 is 14.5 Å². The Balaban J connectivity index is 1.89. The van der Waals surface area contributed by atoms with E-state index in [2.05, 4.69) is 0 Å². The summed E-state index contributed by atoms with van der Waals surface area (Å²) in [6.07, 6.45) is -0.0612. The molecule has 0 bridgehead atoms. The summed E-state index contributed by atoms with van der Waals surface area (Å²) in [5.74, 6) is -0.188. The van der Waals surface area contributed by atoms with Crippen LogP contribution in [0.1, 0.15) is 28.2 Å². The van der Waals surface area contributed by atoms with Crippen molar-refractivity contribution in [2.24, 2.45) is 0 Å². The van der Waals surface area contributed by atoms with E-state index in [0.717, 1.165) is 16.9 Å². The minimum atomic E-state index is -0.474. The highest BCUT2D eigenvalue weighted by Gasteiger charge is 2.33. The molecule has 1 saturated heterocycles. The quantitative estimate of drug-likeness (QED) is 0.639. The van der Waals surface area contributed by atoms with Gasteiger partial charge in [-0.05, 0) is 18.6 Å². The Bertz CT molecular complexity index is 716. The molecular weight excluding hydrogens is 316 g/mol. The minimum absolute atomic E-state index is 0.0223. The van der Waals surface area contributed by atoms with Crippen molar-refractivity contribution in [1.82, 2.24) is 4.90 Å². The number of benzene rings is 1. The maximum atomic E-state index is 12.8. The van der Waals surface area contributed by atoms with E-state index in [9.17, 15) is 14.9 Å². The van der Waals surface area contributed by atoms with Gasteiger partial charge in [0.2, 0.25) is 0 Å². The molecule has 7 heteroatoms. The van der Waals surface area contributed by atoms with Crippen LogP contribution in [0.3, 0.4) is 0 Å². The smallest absolute Gasteiger partial charge is 0.324 e. The van der Waals surface area contributed by atoms with Crippen molar-refractivity contribution in [1.29, 1.82) is 0 Å². The summed E-state index contributed by atoms with van der Waals surface area (Å²) in [6.45, 7) is 2.80. The third kappa shape index (κ3) is 3.25. The van der Waals surface area contributed by atoms with Crippen molar-refractivity contribution in [3.05, 3.63) is 63.0 Å². The summed E-state index contributed by atoms with van der Waals surface area (Å²) in [5, 5.41) is 10.8. The molecule has 120 valence electrons. The van der Waals surface area contributed by atoms with E-state index in [0.29, 0.717) is 18.0 Å². The molecule has 0 unspecified atom stereocenters. The molecule has 6 nitrogen and oxygen atoms in total. The predicted molar refractivity (Wildman–Crippen MR) is 86.6 cm³/mol. The van der Waals surface area contributed by atoms with Gasteiger partial charge in [-0.25, -0.2) is 0 Å². The van der Waals surface area contributed by atoms with Crippen molar-refractivity contribution in [2.45, 2.75) is 19.1 Å². The van der Waals surface area contributed by atoms with Crippen LogP contribution in [-0.2, 0) is 4.74 Å². The van der Waals surface area contributed by atoms with Crippen molar-refractivity contribution in [3.8, 4) is 0 Å². The summed E-state index contributed by atoms with van der Waals surface area (Å²) in [6, 6.07) is 12.4. The molecule has 0 radical (unpaired) electrons. The van der Waals surface area contributed by atoms with Gasteiger partial charge in [-0.2, -0.15) is 0 Å². The average molecular weight is 332 g/mol. The number of thiophene rings is 1. The molecular formula is C16H16N2O4S. The number of amides is 1. The molecule has 1 aromatic heterocycles. The van der Waals surface area contributed by atoms with Crippen LogP contribution in [0.2, 0.25) is 0 Å². The Morgan fingerprint density at radius 3 is 2.70 bits per heavy atom. The zero-order valence-corrected chi connectivity index (χ0v) is 13.4. The minimum Gasteiger partial charge on any atom is -0.374 e. The molecule has 0 aliphatic carbocycles. The largest absolute Gasteiger partial charge is 0.374 e. The summed E-state index contributed by atoms with van der Waals surface area (Å²) in [5.41, 5.74) is 0.999. The molecule has 23 heavy (non-hydrogen) atoms. The second-order valence-corrected chi connectivity index (χ2v) is 6.49. The predicted octanol–water partition coefficient (Wildman–Crippen LogP) is 3.26. The van der Waals surface area contributed by atoms with E-state index in [1.54, 1.807) is 4.90 Å². The fourth-order valence-electron chi connectivity index (χ4n) is 2.66. The van der Waals surface area contributed by atoms with Crippen LogP contribution in [0.5, 0.6) is 0 Å². The molecule has 1 amide bonds. The zero-order chi connectivity index (χ0) is 16.4. The van der Waals surface area contributed by atoms with Crippen LogP contribution >= 0.6 is 11.3 Å². The first-order valence-electron chi connectivity index (χ1n) is 7.28. The van der Waals surface area contributed by atoms with Crippen LogP contribution < -0.4 is 0 Å². The third-order valence-electron chi connectivity index (χ3n) is 3.80. The highest BCUT2D eigenvalue weighted by Crippen LogP contribution is 2.31. The molecule has 2 aromatic rings. The van der Waals surface area contributed by atoms with Crippen molar-refractivity contribution in [2.75, 3.05) is 13.2 Å². The Morgan fingerprint density at radius 1 is 1.30 bits per heavy atom. The number of nitro groups is 1. The molecule has 0 N–H and O–H groups in total. The normalized spacial score (nSPS) is 21.2. The summed E-state index contributed by atoms with van der Waals surface area (Å²) >= 11 is 0.910. The maximum Gasteiger partial charge on any atom is 0.324 e. The molecule has 1 aliphatic rings. The maximum absolute atomic E-state index is 12.8. The SMILES string of the molecule is C[C@H]1CN(C(=O)c2ccc([N+](=O)[O-])s2)[C@H](c2ccccc2)CO1. The van der Waals surface area contributed by atoms with Crippen LogP contribution in [0.15, 0.2) is 42.5 Å². The van der Waals surface area contributed by atoms with Gasteiger partial charge in [0.1, 0.15) is 0 Å². The van der Waals surface area contributed by atoms with Gasteiger partial charge >= 0.3 is 5.00 Å². The number of rotatable bonds is 3. The lowest BCUT2D eigenvalue weighted by Crippen LogP contribution is -2.46. The first kappa shape index (κ1) is 15.6. The summed E-state index contributed by atoms with van der Waals surface area (Å²) < 4.78 is 5.71. The van der Waals surface area contributed by atoms with Gasteiger partial charge in [-0.3, -0.25) is 14.9 Å². The lowest BCUT2D eigenvalue weighted by molar-refractivity contribution is -0.380. The molecule has 1 fully saturated rings. The lowest BCUT2D eigenvalue weighted by Gasteiger charge is -2.38. The Kier molecular flexibility index (Phi) is 4.40. The van der Waals surface area contributed by atoms with Gasteiger partial charge in [0.25, 0.3) is 5.91 Å². The highest BCUT2D eigenvalue weighted by molar-refractivity contribution is 7.17. The van der Waals surface area contributed by atoms with Crippen molar-refractivity contribution in [3.63, 3.8) is 0 Å². The first-order valence-corrected chi connectivity index (χ1v) is 8.09.